The topological polar surface area (TPSA) is 90.0 Å². The van der Waals surface area contributed by atoms with Gasteiger partial charge in [-0.25, -0.2) is 15.6 Å². The van der Waals surface area contributed by atoms with E-state index in [0.29, 0.717) is 12.1 Å². The lowest BCUT2D eigenvalue weighted by molar-refractivity contribution is 0.111. The van der Waals surface area contributed by atoms with E-state index < -0.39 is 6.03 Å². The number of carbonyl (C=O) groups excluding carboxylic acids is 2. The van der Waals surface area contributed by atoms with Gasteiger partial charge < -0.3 is 0 Å². The van der Waals surface area contributed by atoms with Gasteiger partial charge in [-0.3, -0.25) is 14.8 Å². The van der Waals surface area contributed by atoms with Crippen molar-refractivity contribution in [2.24, 2.45) is 5.84 Å². The van der Waals surface area contributed by atoms with E-state index in [1.807, 2.05) is 5.43 Å². The van der Waals surface area contributed by atoms with Crippen molar-refractivity contribution in [2.75, 3.05) is 0 Å². The van der Waals surface area contributed by atoms with Crippen LogP contribution < -0.4 is 11.3 Å². The van der Waals surface area contributed by atoms with Gasteiger partial charge in [-0.1, -0.05) is 0 Å². The molecule has 0 radical (unpaired) electrons. The Morgan fingerprint density at radius 2 is 2.50 bits per heavy atom. The average Bonchev–Trinajstić information content (AvgIpc) is 2.45. The molecule has 0 bridgehead atoms. The molecule has 6 nitrogen and oxygen atoms in total. The zero-order valence-electron chi connectivity index (χ0n) is 6.44. The first-order chi connectivity index (χ1) is 5.69. The molecule has 1 rings (SSSR count). The van der Waals surface area contributed by atoms with Gasteiger partial charge in [0.1, 0.15) is 11.5 Å². The summed E-state index contributed by atoms with van der Waals surface area (Å²) < 4.78 is 1.16. The van der Waals surface area contributed by atoms with Gasteiger partial charge in [0.15, 0.2) is 6.29 Å². The summed E-state index contributed by atoms with van der Waals surface area (Å²) in [5.74, 6) is 5.30. The van der Waals surface area contributed by atoms with Gasteiger partial charge >= 0.3 is 6.03 Å². The third-order valence-corrected chi connectivity index (χ3v) is 1.36. The van der Waals surface area contributed by atoms with E-state index in [1.165, 1.54) is 6.20 Å². The van der Waals surface area contributed by atoms with Crippen LogP contribution in [-0.4, -0.2) is 21.9 Å². The summed E-state index contributed by atoms with van der Waals surface area (Å²) >= 11 is 0. The van der Waals surface area contributed by atoms with Crippen LogP contribution in [0.1, 0.15) is 16.3 Å². The number of aryl methyl sites for hydroxylation is 1. The molecule has 0 spiro atoms. The van der Waals surface area contributed by atoms with Gasteiger partial charge in [-0.15, -0.1) is 0 Å². The van der Waals surface area contributed by atoms with Crippen molar-refractivity contribution >= 4 is 12.3 Å². The Bertz CT molecular complexity index is 317. The number of nitrogens with one attached hydrogen (secondary N) is 1. The Kier molecular flexibility index (Phi) is 2.20. The first kappa shape index (κ1) is 8.41. The molecule has 0 saturated heterocycles. The fraction of sp³-hybridized carbons (Fsp3) is 0.167. The number of hydrogen-bond acceptors (Lipinski definition) is 4. The molecule has 1 aromatic rings. The van der Waals surface area contributed by atoms with E-state index >= 15 is 0 Å². The van der Waals surface area contributed by atoms with E-state index in [-0.39, 0.29) is 5.69 Å². The number of carbonyl (C=O) groups is 2. The number of nitrogens with zero attached hydrogens (tertiary/aromatic N) is 2. The van der Waals surface area contributed by atoms with Gasteiger partial charge in [0.25, 0.3) is 0 Å². The number of rotatable bonds is 1. The van der Waals surface area contributed by atoms with Gasteiger partial charge in [0.2, 0.25) is 0 Å². The molecule has 0 atom stereocenters. The summed E-state index contributed by atoms with van der Waals surface area (Å²) in [6, 6.07) is -0.520. The molecule has 1 heterocycles. The number of aldehydes is 1. The fourth-order valence-corrected chi connectivity index (χ4v) is 0.827. The lowest BCUT2D eigenvalue weighted by Gasteiger charge is -1.99. The van der Waals surface area contributed by atoms with Crippen molar-refractivity contribution in [1.29, 1.82) is 0 Å². The Balaban J connectivity index is 3.07. The maximum absolute atomic E-state index is 10.9. The SMILES string of the molecule is Cc1nc(C=O)cn1C(=O)NN. The van der Waals surface area contributed by atoms with Crippen LogP contribution in [0.3, 0.4) is 0 Å². The van der Waals surface area contributed by atoms with Crippen LogP contribution in [0.25, 0.3) is 0 Å². The molecule has 1 amide bonds. The van der Waals surface area contributed by atoms with Crippen LogP contribution in [0.15, 0.2) is 6.20 Å². The minimum Gasteiger partial charge on any atom is -0.296 e. The quantitative estimate of drug-likeness (QED) is 0.254. The highest BCUT2D eigenvalue weighted by Gasteiger charge is 2.08. The highest BCUT2D eigenvalue weighted by molar-refractivity contribution is 5.79. The summed E-state index contributed by atoms with van der Waals surface area (Å²) in [6.45, 7) is 1.60. The molecular weight excluding hydrogens is 160 g/mol. The monoisotopic (exact) mass is 168 g/mol. The largest absolute Gasteiger partial charge is 0.341 e. The first-order valence-corrected chi connectivity index (χ1v) is 3.21. The van der Waals surface area contributed by atoms with Crippen LogP contribution in [0.4, 0.5) is 4.79 Å². The van der Waals surface area contributed by atoms with Crippen LogP contribution in [-0.2, 0) is 0 Å². The second kappa shape index (κ2) is 3.14. The van der Waals surface area contributed by atoms with Crippen molar-refractivity contribution in [2.45, 2.75) is 6.92 Å². The van der Waals surface area contributed by atoms with Crippen molar-refractivity contribution in [3.05, 3.63) is 17.7 Å². The lowest BCUT2D eigenvalue weighted by Crippen LogP contribution is -2.34. The fourth-order valence-electron chi connectivity index (χ4n) is 0.827. The maximum atomic E-state index is 10.9. The maximum Gasteiger partial charge on any atom is 0.341 e. The van der Waals surface area contributed by atoms with Crippen molar-refractivity contribution in [1.82, 2.24) is 15.0 Å². The Hall–Kier alpha value is -1.69. The summed E-state index contributed by atoms with van der Waals surface area (Å²) in [6.07, 6.45) is 1.87. The molecule has 12 heavy (non-hydrogen) atoms. The highest BCUT2D eigenvalue weighted by Crippen LogP contribution is 1.98. The zero-order valence-corrected chi connectivity index (χ0v) is 6.44. The molecule has 0 unspecified atom stereocenters. The average molecular weight is 168 g/mol. The molecule has 3 N–H and O–H groups in total. The van der Waals surface area contributed by atoms with Gasteiger partial charge in [-0.05, 0) is 6.92 Å². The minimum absolute atomic E-state index is 0.205. The predicted octanol–water partition coefficient (Wildman–Crippen LogP) is -0.565. The van der Waals surface area contributed by atoms with E-state index in [9.17, 15) is 9.59 Å². The predicted molar refractivity (Wildman–Crippen MR) is 40.5 cm³/mol. The van der Waals surface area contributed by atoms with Crippen molar-refractivity contribution in [3.63, 3.8) is 0 Å². The van der Waals surface area contributed by atoms with E-state index in [4.69, 9.17) is 5.84 Å². The van der Waals surface area contributed by atoms with Gasteiger partial charge in [0.05, 0.1) is 0 Å². The number of aromatic nitrogens is 2. The molecule has 6 heteroatoms. The molecule has 0 aromatic carbocycles. The minimum atomic E-state index is -0.520. The third kappa shape index (κ3) is 1.32. The van der Waals surface area contributed by atoms with E-state index in [2.05, 4.69) is 4.98 Å². The number of hydrogen-bond donors (Lipinski definition) is 2. The van der Waals surface area contributed by atoms with Crippen LogP contribution in [0.5, 0.6) is 0 Å². The van der Waals surface area contributed by atoms with E-state index in [1.54, 1.807) is 6.92 Å². The number of imidazole rings is 1. The molecular formula is C6H8N4O2. The Labute approximate surface area is 68.3 Å². The smallest absolute Gasteiger partial charge is 0.296 e. The molecule has 64 valence electrons. The molecule has 0 aliphatic carbocycles. The van der Waals surface area contributed by atoms with Crippen molar-refractivity contribution in [3.8, 4) is 0 Å². The number of hydrazine groups is 1. The summed E-state index contributed by atoms with van der Waals surface area (Å²) in [5, 5.41) is 0. The lowest BCUT2D eigenvalue weighted by atomic mass is 10.5. The number of nitrogens with two attached hydrogens (primary N) is 1. The second-order valence-electron chi connectivity index (χ2n) is 2.15. The first-order valence-electron chi connectivity index (χ1n) is 3.21. The number of amides is 1. The van der Waals surface area contributed by atoms with Crippen LogP contribution in [0.2, 0.25) is 0 Å². The van der Waals surface area contributed by atoms with Gasteiger partial charge in [0, 0.05) is 6.20 Å². The second-order valence-corrected chi connectivity index (χ2v) is 2.15. The summed E-state index contributed by atoms with van der Waals surface area (Å²) in [4.78, 5) is 25.0. The Morgan fingerprint density at radius 1 is 1.83 bits per heavy atom. The third-order valence-electron chi connectivity index (χ3n) is 1.36. The summed E-state index contributed by atoms with van der Waals surface area (Å²) in [5.41, 5.74) is 2.13. The van der Waals surface area contributed by atoms with Gasteiger partial charge in [-0.2, -0.15) is 0 Å². The molecule has 0 aliphatic rings. The molecule has 0 aliphatic heterocycles. The Morgan fingerprint density at radius 3 is 2.92 bits per heavy atom. The molecule has 0 saturated carbocycles. The summed E-state index contributed by atoms with van der Waals surface area (Å²) in [7, 11) is 0. The van der Waals surface area contributed by atoms with E-state index in [0.717, 1.165) is 4.57 Å². The zero-order chi connectivity index (χ0) is 9.14. The number of nitrogen functional groups attached to an aromatic ring is 1. The molecule has 0 fully saturated rings. The van der Waals surface area contributed by atoms with Crippen LogP contribution >= 0.6 is 0 Å². The standard InChI is InChI=1S/C6H8N4O2/c1-4-8-5(3-11)2-10(4)6(12)9-7/h2-3H,7H2,1H3,(H,9,12). The molecule has 1 aromatic heterocycles. The van der Waals surface area contributed by atoms with Crippen LogP contribution in [0, 0.1) is 6.92 Å². The highest BCUT2D eigenvalue weighted by atomic mass is 16.2. The normalized spacial score (nSPS) is 9.50. The van der Waals surface area contributed by atoms with Crippen molar-refractivity contribution < 1.29 is 9.59 Å².